The molecule has 1 atom stereocenters. The summed E-state index contributed by atoms with van der Waals surface area (Å²) in [5.41, 5.74) is -3.07. The van der Waals surface area contributed by atoms with E-state index in [2.05, 4.69) is 9.72 Å². The van der Waals surface area contributed by atoms with E-state index < -0.39 is 23.7 Å². The number of esters is 1. The summed E-state index contributed by atoms with van der Waals surface area (Å²) in [6.07, 6.45) is -3.95. The SMILES string of the molecule is COC(=O)C(NC(=O)c1ccccc1OC)(Nc1ccc(C)cn1)C(F)(F)F. The van der Waals surface area contributed by atoms with Gasteiger partial charge in [-0.1, -0.05) is 18.2 Å². The van der Waals surface area contributed by atoms with Gasteiger partial charge in [-0.3, -0.25) is 4.79 Å². The van der Waals surface area contributed by atoms with Crippen LogP contribution >= 0.6 is 0 Å². The molecule has 1 heterocycles. The van der Waals surface area contributed by atoms with Gasteiger partial charge in [0.15, 0.2) is 0 Å². The lowest BCUT2D eigenvalue weighted by Gasteiger charge is -2.34. The highest BCUT2D eigenvalue weighted by Gasteiger charge is 2.63. The molecule has 150 valence electrons. The van der Waals surface area contributed by atoms with Crippen LogP contribution in [-0.4, -0.2) is 42.9 Å². The van der Waals surface area contributed by atoms with E-state index >= 15 is 0 Å². The number of pyridine rings is 1. The highest BCUT2D eigenvalue weighted by molar-refractivity contribution is 6.01. The van der Waals surface area contributed by atoms with E-state index in [1.165, 1.54) is 43.6 Å². The minimum absolute atomic E-state index is 0.0365. The maximum atomic E-state index is 14.0. The number of methoxy groups -OCH3 is 2. The van der Waals surface area contributed by atoms with Crippen molar-refractivity contribution in [2.24, 2.45) is 0 Å². The number of carbonyl (C=O) groups is 2. The van der Waals surface area contributed by atoms with Crippen molar-refractivity contribution >= 4 is 17.7 Å². The van der Waals surface area contributed by atoms with Gasteiger partial charge >= 0.3 is 17.8 Å². The van der Waals surface area contributed by atoms with Gasteiger partial charge in [0.05, 0.1) is 19.8 Å². The van der Waals surface area contributed by atoms with Gasteiger partial charge in [-0.15, -0.1) is 0 Å². The number of rotatable bonds is 6. The summed E-state index contributed by atoms with van der Waals surface area (Å²) in [5.74, 6) is -3.20. The molecule has 1 amide bonds. The van der Waals surface area contributed by atoms with E-state index in [9.17, 15) is 22.8 Å². The summed E-state index contributed by atoms with van der Waals surface area (Å²) >= 11 is 0. The largest absolute Gasteiger partial charge is 0.496 e. The van der Waals surface area contributed by atoms with Crippen molar-refractivity contribution in [2.45, 2.75) is 18.8 Å². The zero-order valence-corrected chi connectivity index (χ0v) is 15.3. The number of ether oxygens (including phenoxy) is 2. The molecule has 2 N–H and O–H groups in total. The van der Waals surface area contributed by atoms with E-state index in [1.54, 1.807) is 18.3 Å². The zero-order chi connectivity index (χ0) is 20.9. The number of nitrogens with zero attached hydrogens (tertiary/aromatic N) is 1. The first-order valence-electron chi connectivity index (χ1n) is 7.96. The van der Waals surface area contributed by atoms with Crippen molar-refractivity contribution < 1.29 is 32.2 Å². The Hall–Kier alpha value is -3.30. The molecule has 0 aliphatic rings. The molecule has 0 aliphatic heterocycles. The van der Waals surface area contributed by atoms with E-state index in [0.29, 0.717) is 5.56 Å². The molecule has 0 fully saturated rings. The number of benzene rings is 1. The molecular weight excluding hydrogens is 379 g/mol. The lowest BCUT2D eigenvalue weighted by Crippen LogP contribution is -2.69. The van der Waals surface area contributed by atoms with Gasteiger partial charge in [0.25, 0.3) is 5.91 Å². The molecule has 28 heavy (non-hydrogen) atoms. The van der Waals surface area contributed by atoms with Crippen molar-refractivity contribution in [3.8, 4) is 5.75 Å². The number of hydrogen-bond acceptors (Lipinski definition) is 6. The van der Waals surface area contributed by atoms with Crippen LogP contribution in [0.3, 0.4) is 0 Å². The molecule has 0 radical (unpaired) electrons. The van der Waals surface area contributed by atoms with Crippen LogP contribution in [0.15, 0.2) is 42.6 Å². The number of aromatic nitrogens is 1. The number of nitrogens with one attached hydrogen (secondary N) is 2. The Kier molecular flexibility index (Phi) is 6.12. The van der Waals surface area contributed by atoms with Crippen molar-refractivity contribution in [1.29, 1.82) is 0 Å². The zero-order valence-electron chi connectivity index (χ0n) is 15.3. The molecule has 2 aromatic rings. The van der Waals surface area contributed by atoms with E-state index in [0.717, 1.165) is 7.11 Å². The molecule has 1 aromatic heterocycles. The maximum Gasteiger partial charge on any atom is 0.441 e. The Bertz CT molecular complexity index is 856. The summed E-state index contributed by atoms with van der Waals surface area (Å²) in [6, 6.07) is 8.39. The van der Waals surface area contributed by atoms with Gasteiger partial charge in [0.1, 0.15) is 11.6 Å². The highest BCUT2D eigenvalue weighted by Crippen LogP contribution is 2.33. The Morgan fingerprint density at radius 1 is 1.07 bits per heavy atom. The molecule has 10 heteroatoms. The first kappa shape index (κ1) is 21.0. The number of anilines is 1. The van der Waals surface area contributed by atoms with Gasteiger partial charge in [-0.25, -0.2) is 9.78 Å². The molecule has 0 spiro atoms. The number of alkyl halides is 3. The van der Waals surface area contributed by atoms with Crippen LogP contribution in [0.2, 0.25) is 0 Å². The maximum absolute atomic E-state index is 14.0. The second-order valence-corrected chi connectivity index (χ2v) is 5.74. The van der Waals surface area contributed by atoms with Gasteiger partial charge in [-0.05, 0) is 30.7 Å². The van der Waals surface area contributed by atoms with Crippen LogP contribution in [0.5, 0.6) is 5.75 Å². The normalized spacial score (nSPS) is 13.2. The molecule has 0 saturated heterocycles. The second kappa shape index (κ2) is 8.15. The van der Waals surface area contributed by atoms with Crippen LogP contribution in [0, 0.1) is 6.92 Å². The van der Waals surface area contributed by atoms with Crippen LogP contribution in [-0.2, 0) is 9.53 Å². The standard InChI is InChI=1S/C18H18F3N3O4/c1-11-8-9-14(22-10-11)23-17(16(26)28-3,18(19,20)21)24-15(25)12-6-4-5-7-13(12)27-2/h4-10H,1-3H3,(H,22,23)(H,24,25). The van der Waals surface area contributed by atoms with Crippen LogP contribution < -0.4 is 15.4 Å². The van der Waals surface area contributed by atoms with Crippen molar-refractivity contribution in [3.05, 3.63) is 53.7 Å². The Balaban J connectivity index is 2.51. The van der Waals surface area contributed by atoms with E-state index in [1.807, 2.05) is 5.32 Å². The molecule has 0 saturated carbocycles. The Labute approximate surface area is 158 Å². The van der Waals surface area contributed by atoms with Crippen LogP contribution in [0.1, 0.15) is 15.9 Å². The number of para-hydroxylation sites is 1. The third kappa shape index (κ3) is 4.16. The highest BCUT2D eigenvalue weighted by atomic mass is 19.4. The number of hydrogen-bond donors (Lipinski definition) is 2. The first-order chi connectivity index (χ1) is 13.1. The fourth-order valence-electron chi connectivity index (χ4n) is 2.35. The van der Waals surface area contributed by atoms with Gasteiger partial charge in [-0.2, -0.15) is 13.2 Å². The summed E-state index contributed by atoms with van der Waals surface area (Å²) in [4.78, 5) is 28.6. The number of amides is 1. The molecule has 0 bridgehead atoms. The lowest BCUT2D eigenvalue weighted by molar-refractivity contribution is -0.203. The Morgan fingerprint density at radius 2 is 1.75 bits per heavy atom. The minimum atomic E-state index is -5.26. The monoisotopic (exact) mass is 397 g/mol. The fraction of sp³-hybridized carbons (Fsp3) is 0.278. The second-order valence-electron chi connectivity index (χ2n) is 5.74. The molecule has 1 unspecified atom stereocenters. The summed E-state index contributed by atoms with van der Waals surface area (Å²) in [6.45, 7) is 1.69. The molecule has 0 aliphatic carbocycles. The molecular formula is C18H18F3N3O4. The van der Waals surface area contributed by atoms with Crippen LogP contribution in [0.4, 0.5) is 19.0 Å². The minimum Gasteiger partial charge on any atom is -0.496 e. The molecule has 2 rings (SSSR count). The van der Waals surface area contributed by atoms with Gasteiger partial charge in [0, 0.05) is 6.20 Å². The summed E-state index contributed by atoms with van der Waals surface area (Å²) in [5, 5.41) is 3.67. The van der Waals surface area contributed by atoms with Crippen molar-refractivity contribution in [1.82, 2.24) is 10.3 Å². The predicted octanol–water partition coefficient (Wildman–Crippen LogP) is 2.67. The number of aryl methyl sites for hydroxylation is 1. The average Bonchev–Trinajstić information content (AvgIpc) is 2.67. The predicted molar refractivity (Wildman–Crippen MR) is 93.9 cm³/mol. The van der Waals surface area contributed by atoms with E-state index in [-0.39, 0.29) is 17.1 Å². The van der Waals surface area contributed by atoms with E-state index in [4.69, 9.17) is 4.74 Å². The number of halogens is 3. The fourth-order valence-corrected chi connectivity index (χ4v) is 2.35. The third-order valence-electron chi connectivity index (χ3n) is 3.80. The van der Waals surface area contributed by atoms with Crippen molar-refractivity contribution in [3.63, 3.8) is 0 Å². The number of carbonyl (C=O) groups excluding carboxylic acids is 2. The third-order valence-corrected chi connectivity index (χ3v) is 3.80. The van der Waals surface area contributed by atoms with Crippen molar-refractivity contribution in [2.75, 3.05) is 19.5 Å². The summed E-state index contributed by atoms with van der Waals surface area (Å²) in [7, 11) is 2.04. The molecule has 1 aromatic carbocycles. The smallest absolute Gasteiger partial charge is 0.441 e. The quantitative estimate of drug-likeness (QED) is 0.576. The van der Waals surface area contributed by atoms with Gasteiger partial charge < -0.3 is 20.1 Å². The Morgan fingerprint density at radius 3 is 2.29 bits per heavy atom. The topological polar surface area (TPSA) is 89.5 Å². The molecule has 7 nitrogen and oxygen atoms in total. The summed E-state index contributed by atoms with van der Waals surface area (Å²) < 4.78 is 51.3. The van der Waals surface area contributed by atoms with Gasteiger partial charge in [0.2, 0.25) is 0 Å². The lowest BCUT2D eigenvalue weighted by atomic mass is 10.1. The first-order valence-corrected chi connectivity index (χ1v) is 7.96. The van der Waals surface area contributed by atoms with Crippen LogP contribution in [0.25, 0.3) is 0 Å². The average molecular weight is 397 g/mol.